The molecular formula is C21H27N3OS. The van der Waals surface area contributed by atoms with Gasteiger partial charge in [0.2, 0.25) is 0 Å². The van der Waals surface area contributed by atoms with Crippen molar-refractivity contribution >= 4 is 28.7 Å². The predicted octanol–water partition coefficient (Wildman–Crippen LogP) is 4.12. The Bertz CT molecular complexity index is 760. The van der Waals surface area contributed by atoms with Crippen LogP contribution < -0.4 is 20.3 Å². The standard InChI is InChI=1S/C21H27N3OS/c1-15-4-5-18(12-16(15)2)23-21(26)22-13-17-10-11-24(14-17)19-6-8-20(25-3)9-7-19/h4-9,12,17H,10-11,13-14H2,1-3H3,(H2,22,23,26)/t17-/m1/s1. The lowest BCUT2D eigenvalue weighted by Gasteiger charge is -2.19. The van der Waals surface area contributed by atoms with Crippen LogP contribution in [-0.4, -0.2) is 31.9 Å². The van der Waals surface area contributed by atoms with Crippen LogP contribution in [0.2, 0.25) is 0 Å². The Balaban J connectivity index is 1.46. The van der Waals surface area contributed by atoms with Gasteiger partial charge in [-0.3, -0.25) is 0 Å². The molecule has 1 aliphatic rings. The Morgan fingerprint density at radius 2 is 1.92 bits per heavy atom. The summed E-state index contributed by atoms with van der Waals surface area (Å²) < 4.78 is 5.23. The highest BCUT2D eigenvalue weighted by atomic mass is 32.1. The lowest BCUT2D eigenvalue weighted by atomic mass is 10.1. The van der Waals surface area contributed by atoms with Crippen molar-refractivity contribution in [2.75, 3.05) is 37.0 Å². The van der Waals surface area contributed by atoms with Gasteiger partial charge in [0.15, 0.2) is 5.11 Å². The zero-order chi connectivity index (χ0) is 18.5. The van der Waals surface area contributed by atoms with Gasteiger partial charge in [0, 0.05) is 31.0 Å². The van der Waals surface area contributed by atoms with Crippen LogP contribution in [0.15, 0.2) is 42.5 Å². The first kappa shape index (κ1) is 18.5. The SMILES string of the molecule is COc1ccc(N2CC[C@H](CNC(=S)Nc3ccc(C)c(C)c3)C2)cc1. The van der Waals surface area contributed by atoms with Gasteiger partial charge in [-0.25, -0.2) is 0 Å². The maximum atomic E-state index is 5.45. The summed E-state index contributed by atoms with van der Waals surface area (Å²) in [4.78, 5) is 2.42. The number of nitrogens with zero attached hydrogens (tertiary/aromatic N) is 1. The van der Waals surface area contributed by atoms with E-state index in [1.807, 2.05) is 12.1 Å². The van der Waals surface area contributed by atoms with Gasteiger partial charge < -0.3 is 20.3 Å². The summed E-state index contributed by atoms with van der Waals surface area (Å²) in [5, 5.41) is 7.34. The molecule has 0 bridgehead atoms. The van der Waals surface area contributed by atoms with E-state index < -0.39 is 0 Å². The van der Waals surface area contributed by atoms with E-state index in [1.54, 1.807) is 7.11 Å². The van der Waals surface area contributed by atoms with Crippen molar-refractivity contribution in [1.29, 1.82) is 0 Å². The van der Waals surface area contributed by atoms with Crippen molar-refractivity contribution in [3.05, 3.63) is 53.6 Å². The van der Waals surface area contributed by atoms with Crippen LogP contribution in [-0.2, 0) is 0 Å². The van der Waals surface area contributed by atoms with Gasteiger partial charge in [-0.1, -0.05) is 6.07 Å². The van der Waals surface area contributed by atoms with Crippen LogP contribution in [0.4, 0.5) is 11.4 Å². The second-order valence-corrected chi connectivity index (χ2v) is 7.34. The Hall–Kier alpha value is -2.27. The van der Waals surface area contributed by atoms with Crippen LogP contribution in [0.5, 0.6) is 5.75 Å². The molecule has 0 amide bonds. The topological polar surface area (TPSA) is 36.5 Å². The number of aryl methyl sites for hydroxylation is 2. The smallest absolute Gasteiger partial charge is 0.170 e. The fourth-order valence-electron chi connectivity index (χ4n) is 3.26. The van der Waals surface area contributed by atoms with Gasteiger partial charge in [-0.05, 0) is 85.9 Å². The van der Waals surface area contributed by atoms with E-state index in [4.69, 9.17) is 17.0 Å². The number of benzene rings is 2. The molecule has 0 radical (unpaired) electrons. The first-order chi connectivity index (χ1) is 12.5. The van der Waals surface area contributed by atoms with Gasteiger partial charge in [0.05, 0.1) is 7.11 Å². The summed E-state index contributed by atoms with van der Waals surface area (Å²) >= 11 is 5.45. The number of ether oxygens (including phenoxy) is 1. The summed E-state index contributed by atoms with van der Waals surface area (Å²) in [5.41, 5.74) is 4.85. The van der Waals surface area contributed by atoms with Crippen molar-refractivity contribution in [3.8, 4) is 5.75 Å². The zero-order valence-electron chi connectivity index (χ0n) is 15.7. The maximum Gasteiger partial charge on any atom is 0.170 e. The molecule has 3 rings (SSSR count). The van der Waals surface area contributed by atoms with E-state index in [-0.39, 0.29) is 0 Å². The number of hydrogen-bond donors (Lipinski definition) is 2. The first-order valence-electron chi connectivity index (χ1n) is 9.06. The molecule has 0 aromatic heterocycles. The van der Waals surface area contributed by atoms with Crippen molar-refractivity contribution in [2.24, 2.45) is 5.92 Å². The molecule has 26 heavy (non-hydrogen) atoms. The average Bonchev–Trinajstić information content (AvgIpc) is 3.12. The third kappa shape index (κ3) is 4.67. The monoisotopic (exact) mass is 369 g/mol. The normalized spacial score (nSPS) is 16.4. The molecule has 2 aromatic carbocycles. The molecule has 1 saturated heterocycles. The van der Waals surface area contributed by atoms with Crippen LogP contribution >= 0.6 is 12.2 Å². The fourth-order valence-corrected chi connectivity index (χ4v) is 3.46. The average molecular weight is 370 g/mol. The first-order valence-corrected chi connectivity index (χ1v) is 9.47. The molecule has 1 aliphatic heterocycles. The Kier molecular flexibility index (Phi) is 5.99. The van der Waals surface area contributed by atoms with Crippen molar-refractivity contribution in [1.82, 2.24) is 5.32 Å². The van der Waals surface area contributed by atoms with Gasteiger partial charge in [-0.2, -0.15) is 0 Å². The molecule has 0 spiro atoms. The summed E-state index contributed by atoms with van der Waals surface area (Å²) in [7, 11) is 1.70. The highest BCUT2D eigenvalue weighted by Gasteiger charge is 2.22. The molecular weight excluding hydrogens is 342 g/mol. The lowest BCUT2D eigenvalue weighted by molar-refractivity contribution is 0.415. The van der Waals surface area contributed by atoms with E-state index in [1.165, 1.54) is 23.2 Å². The van der Waals surface area contributed by atoms with E-state index in [0.29, 0.717) is 11.0 Å². The van der Waals surface area contributed by atoms with Crippen LogP contribution in [0.25, 0.3) is 0 Å². The van der Waals surface area contributed by atoms with Gasteiger partial charge in [0.1, 0.15) is 5.75 Å². The summed E-state index contributed by atoms with van der Waals surface area (Å²) in [5.74, 6) is 1.49. The number of nitrogens with one attached hydrogen (secondary N) is 2. The third-order valence-electron chi connectivity index (χ3n) is 5.04. The molecule has 4 nitrogen and oxygen atoms in total. The predicted molar refractivity (Wildman–Crippen MR) is 113 cm³/mol. The molecule has 5 heteroatoms. The Labute approximate surface area is 161 Å². The third-order valence-corrected chi connectivity index (χ3v) is 5.29. The quantitative estimate of drug-likeness (QED) is 0.775. The van der Waals surface area contributed by atoms with Crippen LogP contribution in [0.1, 0.15) is 17.5 Å². The molecule has 1 fully saturated rings. The van der Waals surface area contributed by atoms with Crippen molar-refractivity contribution < 1.29 is 4.74 Å². The second kappa shape index (κ2) is 8.41. The molecule has 1 atom stereocenters. The zero-order valence-corrected chi connectivity index (χ0v) is 16.5. The summed E-state index contributed by atoms with van der Waals surface area (Å²) in [6, 6.07) is 14.6. The largest absolute Gasteiger partial charge is 0.497 e. The minimum atomic E-state index is 0.594. The number of anilines is 2. The minimum absolute atomic E-state index is 0.594. The highest BCUT2D eigenvalue weighted by Crippen LogP contribution is 2.25. The minimum Gasteiger partial charge on any atom is -0.497 e. The number of rotatable bonds is 5. The summed E-state index contributed by atoms with van der Waals surface area (Å²) in [6.07, 6.45) is 1.17. The Morgan fingerprint density at radius 3 is 2.62 bits per heavy atom. The van der Waals surface area contributed by atoms with E-state index in [9.17, 15) is 0 Å². The van der Waals surface area contributed by atoms with E-state index in [0.717, 1.165) is 31.1 Å². The summed E-state index contributed by atoms with van der Waals surface area (Å²) in [6.45, 7) is 7.25. The Morgan fingerprint density at radius 1 is 1.15 bits per heavy atom. The lowest BCUT2D eigenvalue weighted by Crippen LogP contribution is -2.34. The molecule has 0 aliphatic carbocycles. The number of methoxy groups -OCH3 is 1. The van der Waals surface area contributed by atoms with Gasteiger partial charge >= 0.3 is 0 Å². The van der Waals surface area contributed by atoms with Crippen LogP contribution in [0.3, 0.4) is 0 Å². The van der Waals surface area contributed by atoms with Crippen LogP contribution in [0, 0.1) is 19.8 Å². The molecule has 1 heterocycles. The molecule has 0 saturated carbocycles. The molecule has 2 aromatic rings. The number of thiocarbonyl (C=S) groups is 1. The fraction of sp³-hybridized carbons (Fsp3) is 0.381. The second-order valence-electron chi connectivity index (χ2n) is 6.93. The molecule has 0 unspecified atom stereocenters. The van der Waals surface area contributed by atoms with E-state index in [2.05, 4.69) is 59.7 Å². The number of hydrogen-bond acceptors (Lipinski definition) is 3. The molecule has 138 valence electrons. The van der Waals surface area contributed by atoms with Crippen molar-refractivity contribution in [3.63, 3.8) is 0 Å². The van der Waals surface area contributed by atoms with E-state index >= 15 is 0 Å². The highest BCUT2D eigenvalue weighted by molar-refractivity contribution is 7.80. The van der Waals surface area contributed by atoms with Crippen molar-refractivity contribution in [2.45, 2.75) is 20.3 Å². The molecule has 2 N–H and O–H groups in total. The van der Waals surface area contributed by atoms with Gasteiger partial charge in [-0.15, -0.1) is 0 Å². The maximum absolute atomic E-state index is 5.45. The van der Waals surface area contributed by atoms with Gasteiger partial charge in [0.25, 0.3) is 0 Å².